The minimum atomic E-state index is -0.745. The van der Waals surface area contributed by atoms with Crippen molar-refractivity contribution in [2.24, 2.45) is 0 Å². The van der Waals surface area contributed by atoms with E-state index in [0.717, 1.165) is 6.07 Å². The number of nitrogens with one attached hydrogen (secondary N) is 1. The number of benzene rings is 1. The number of hydrogen-bond donors (Lipinski definition) is 1. The lowest BCUT2D eigenvalue weighted by Gasteiger charge is -1.92. The maximum absolute atomic E-state index is 10.8. The van der Waals surface area contributed by atoms with Crippen molar-refractivity contribution in [1.29, 1.82) is 0 Å². The second-order valence-electron chi connectivity index (χ2n) is 2.57. The number of oxazole rings is 1. The Hall–Kier alpha value is -1.82. The monoisotopic (exact) mass is 214 g/mol. The third-order valence-electron chi connectivity index (χ3n) is 1.66. The summed E-state index contributed by atoms with van der Waals surface area (Å²) in [6.45, 7) is 0. The maximum atomic E-state index is 10.8. The molecule has 0 saturated heterocycles. The van der Waals surface area contributed by atoms with Crippen molar-refractivity contribution in [2.45, 2.75) is 0 Å². The molecule has 72 valence electrons. The topological polar surface area (TPSA) is 89.1 Å². The number of nitrogens with zero attached hydrogens (tertiary/aromatic N) is 1. The molecule has 0 aliphatic carbocycles. The zero-order chi connectivity index (χ0) is 10.3. The molecular weight excluding hydrogens is 212 g/mol. The quantitative estimate of drug-likeness (QED) is 0.578. The van der Waals surface area contributed by atoms with Crippen molar-refractivity contribution in [2.75, 3.05) is 0 Å². The van der Waals surface area contributed by atoms with Crippen LogP contribution in [-0.2, 0) is 0 Å². The van der Waals surface area contributed by atoms with E-state index >= 15 is 0 Å². The number of hydrogen-bond acceptors (Lipinski definition) is 4. The molecule has 0 fully saturated rings. The van der Waals surface area contributed by atoms with E-state index in [9.17, 15) is 14.9 Å². The Balaban J connectivity index is 2.92. The van der Waals surface area contributed by atoms with E-state index in [4.69, 9.17) is 11.6 Å². The van der Waals surface area contributed by atoms with Crippen molar-refractivity contribution >= 4 is 28.4 Å². The van der Waals surface area contributed by atoms with E-state index in [1.165, 1.54) is 6.07 Å². The zero-order valence-corrected chi connectivity index (χ0v) is 7.37. The van der Waals surface area contributed by atoms with Crippen LogP contribution in [0.4, 0.5) is 5.69 Å². The highest BCUT2D eigenvalue weighted by Crippen LogP contribution is 2.27. The molecule has 1 N–H and O–H groups in total. The average Bonchev–Trinajstić information content (AvgIpc) is 2.42. The lowest BCUT2D eigenvalue weighted by atomic mass is 10.3. The predicted octanol–water partition coefficient (Wildman–Crippen LogP) is 1.68. The van der Waals surface area contributed by atoms with Crippen molar-refractivity contribution in [3.63, 3.8) is 0 Å². The molecule has 0 radical (unpaired) electrons. The SMILES string of the molecule is O=c1[nH]c2cc(Cl)cc([N+](=O)[O-])c2o1. The van der Waals surface area contributed by atoms with E-state index in [0.29, 0.717) is 0 Å². The molecule has 7 heteroatoms. The van der Waals surface area contributed by atoms with Crippen molar-refractivity contribution in [3.8, 4) is 0 Å². The van der Waals surface area contributed by atoms with Gasteiger partial charge in [0, 0.05) is 11.1 Å². The van der Waals surface area contributed by atoms with Crippen LogP contribution in [0.25, 0.3) is 11.1 Å². The smallest absolute Gasteiger partial charge is 0.400 e. The van der Waals surface area contributed by atoms with E-state index in [1.54, 1.807) is 0 Å². The van der Waals surface area contributed by atoms with Gasteiger partial charge in [-0.1, -0.05) is 11.6 Å². The van der Waals surface area contributed by atoms with Gasteiger partial charge in [0.25, 0.3) is 0 Å². The number of fused-ring (bicyclic) bond motifs is 1. The molecule has 1 aromatic heterocycles. The van der Waals surface area contributed by atoms with E-state index in [2.05, 4.69) is 9.40 Å². The summed E-state index contributed by atoms with van der Waals surface area (Å²) in [6, 6.07) is 2.51. The first-order valence-electron chi connectivity index (χ1n) is 3.54. The van der Waals surface area contributed by atoms with Gasteiger partial charge in [-0.2, -0.15) is 0 Å². The Kier molecular flexibility index (Phi) is 1.78. The van der Waals surface area contributed by atoms with E-state index in [1.807, 2.05) is 0 Å². The lowest BCUT2D eigenvalue weighted by molar-refractivity contribution is -0.383. The van der Waals surface area contributed by atoms with Gasteiger partial charge in [-0.15, -0.1) is 0 Å². The number of aromatic nitrogens is 1. The van der Waals surface area contributed by atoms with Gasteiger partial charge in [-0.25, -0.2) is 4.79 Å². The van der Waals surface area contributed by atoms with Crippen LogP contribution in [0.5, 0.6) is 0 Å². The molecule has 0 bridgehead atoms. The molecule has 0 unspecified atom stereocenters. The fourth-order valence-corrected chi connectivity index (χ4v) is 1.36. The second-order valence-corrected chi connectivity index (χ2v) is 3.01. The fourth-order valence-electron chi connectivity index (χ4n) is 1.14. The van der Waals surface area contributed by atoms with Gasteiger partial charge >= 0.3 is 11.4 Å². The molecule has 0 amide bonds. The lowest BCUT2D eigenvalue weighted by Crippen LogP contribution is -1.92. The van der Waals surface area contributed by atoms with Crippen LogP contribution in [0.1, 0.15) is 0 Å². The highest BCUT2D eigenvalue weighted by molar-refractivity contribution is 6.31. The number of nitro groups is 1. The van der Waals surface area contributed by atoms with Gasteiger partial charge in [0.2, 0.25) is 5.58 Å². The standard InChI is InChI=1S/C7H3ClN2O4/c8-3-1-4-6(14-7(11)9-4)5(2-3)10(12)13/h1-2H,(H,9,11). The Morgan fingerprint density at radius 1 is 1.50 bits per heavy atom. The zero-order valence-electron chi connectivity index (χ0n) is 6.61. The number of non-ortho nitro benzene ring substituents is 1. The van der Waals surface area contributed by atoms with Crippen molar-refractivity contribution in [1.82, 2.24) is 4.98 Å². The molecule has 14 heavy (non-hydrogen) atoms. The summed E-state index contributed by atoms with van der Waals surface area (Å²) in [5.74, 6) is -0.745. The van der Waals surface area contributed by atoms with Crippen LogP contribution in [0.15, 0.2) is 21.3 Å². The van der Waals surface area contributed by atoms with Crippen LogP contribution in [0, 0.1) is 10.1 Å². The van der Waals surface area contributed by atoms with Crippen molar-refractivity contribution in [3.05, 3.63) is 37.8 Å². The summed E-state index contributed by atoms with van der Waals surface area (Å²) >= 11 is 5.61. The Morgan fingerprint density at radius 2 is 2.21 bits per heavy atom. The predicted molar refractivity (Wildman–Crippen MR) is 48.5 cm³/mol. The number of halogens is 1. The summed E-state index contributed by atoms with van der Waals surface area (Å²) in [6.07, 6.45) is 0. The summed E-state index contributed by atoms with van der Waals surface area (Å²) in [7, 11) is 0. The minimum absolute atomic E-state index is 0.0931. The molecule has 2 aromatic rings. The molecular formula is C7H3ClN2O4. The molecule has 0 aliphatic heterocycles. The molecule has 6 nitrogen and oxygen atoms in total. The number of H-pyrrole nitrogens is 1. The van der Waals surface area contributed by atoms with E-state index < -0.39 is 10.7 Å². The van der Waals surface area contributed by atoms with Crippen molar-refractivity contribution < 1.29 is 9.34 Å². The fraction of sp³-hybridized carbons (Fsp3) is 0. The van der Waals surface area contributed by atoms with Crippen LogP contribution in [-0.4, -0.2) is 9.91 Å². The number of nitro benzene ring substituents is 1. The third-order valence-corrected chi connectivity index (χ3v) is 1.88. The highest BCUT2D eigenvalue weighted by Gasteiger charge is 2.17. The van der Waals surface area contributed by atoms with Gasteiger partial charge in [-0.05, 0) is 6.07 Å². The molecule has 0 atom stereocenters. The van der Waals surface area contributed by atoms with Gasteiger partial charge < -0.3 is 4.42 Å². The van der Waals surface area contributed by atoms with E-state index in [-0.39, 0.29) is 21.8 Å². The molecule has 1 aromatic carbocycles. The van der Waals surface area contributed by atoms with Gasteiger partial charge in [0.05, 0.1) is 10.4 Å². The molecule has 0 saturated carbocycles. The second kappa shape index (κ2) is 2.85. The minimum Gasteiger partial charge on any atom is -0.400 e. The molecule has 0 aliphatic rings. The first-order chi connectivity index (χ1) is 6.58. The maximum Gasteiger partial charge on any atom is 0.417 e. The largest absolute Gasteiger partial charge is 0.417 e. The van der Waals surface area contributed by atoms with Crippen LogP contribution < -0.4 is 5.76 Å². The number of rotatable bonds is 1. The Morgan fingerprint density at radius 3 is 2.86 bits per heavy atom. The normalized spacial score (nSPS) is 10.6. The number of aromatic amines is 1. The van der Waals surface area contributed by atoms with Crippen LogP contribution in [0.3, 0.4) is 0 Å². The highest BCUT2D eigenvalue weighted by atomic mass is 35.5. The summed E-state index contributed by atoms with van der Waals surface area (Å²) in [5.41, 5.74) is -0.204. The molecule has 1 heterocycles. The molecule has 2 rings (SSSR count). The van der Waals surface area contributed by atoms with Crippen LogP contribution >= 0.6 is 11.6 Å². The summed E-state index contributed by atoms with van der Waals surface area (Å²) < 4.78 is 4.60. The van der Waals surface area contributed by atoms with Gasteiger partial charge in [-0.3, -0.25) is 15.1 Å². The van der Waals surface area contributed by atoms with Gasteiger partial charge in [0.15, 0.2) is 0 Å². The summed E-state index contributed by atoms with van der Waals surface area (Å²) in [5, 5.41) is 10.7. The Labute approximate surface area is 81.2 Å². The molecule has 0 spiro atoms. The first kappa shape index (κ1) is 8.76. The first-order valence-corrected chi connectivity index (χ1v) is 3.92. The average molecular weight is 215 g/mol. The summed E-state index contributed by atoms with van der Waals surface area (Å²) in [4.78, 5) is 23.0. The van der Waals surface area contributed by atoms with Gasteiger partial charge in [0.1, 0.15) is 0 Å². The Bertz CT molecular complexity index is 571. The van der Waals surface area contributed by atoms with Crippen LogP contribution in [0.2, 0.25) is 5.02 Å². The third kappa shape index (κ3) is 1.25.